The first-order valence-electron chi connectivity index (χ1n) is 4.71. The van der Waals surface area contributed by atoms with Gasteiger partial charge >= 0.3 is 0 Å². The van der Waals surface area contributed by atoms with E-state index in [4.69, 9.17) is 4.74 Å². The van der Waals surface area contributed by atoms with E-state index in [-0.39, 0.29) is 0 Å². The summed E-state index contributed by atoms with van der Waals surface area (Å²) in [4.78, 5) is 3.37. The third-order valence-corrected chi connectivity index (χ3v) is 3.54. The first-order chi connectivity index (χ1) is 7.11. The normalized spacial score (nSPS) is 13.4. The molecule has 1 atom stereocenters. The average Bonchev–Trinajstić information content (AvgIpc) is 2.51. The van der Waals surface area contributed by atoms with Crippen LogP contribution in [0.4, 0.5) is 0 Å². The number of halogens is 1. The molecule has 1 aromatic heterocycles. The van der Waals surface area contributed by atoms with Crippen LogP contribution in [0.2, 0.25) is 0 Å². The average molecular weight is 294 g/mol. The number of hydrogen-bond acceptors (Lipinski definition) is 4. The zero-order valence-electron chi connectivity index (χ0n) is 8.94. The van der Waals surface area contributed by atoms with E-state index in [1.165, 1.54) is 4.88 Å². The van der Waals surface area contributed by atoms with Gasteiger partial charge in [0.1, 0.15) is 0 Å². The van der Waals surface area contributed by atoms with Crippen LogP contribution in [-0.2, 0) is 11.3 Å². The topological polar surface area (TPSA) is 32.7 Å². The van der Waals surface area contributed by atoms with Crippen molar-refractivity contribution in [2.75, 3.05) is 27.3 Å². The van der Waals surface area contributed by atoms with Gasteiger partial charge in [-0.05, 0) is 35.1 Å². The number of methoxy groups -OCH3 is 1. The molecule has 5 heteroatoms. The van der Waals surface area contributed by atoms with Gasteiger partial charge < -0.3 is 9.84 Å². The van der Waals surface area contributed by atoms with Crippen molar-refractivity contribution in [2.45, 2.75) is 12.6 Å². The van der Waals surface area contributed by atoms with Crippen LogP contribution in [0.3, 0.4) is 0 Å². The number of likely N-dealkylation sites (N-methyl/N-ethyl adjacent to an activating group) is 1. The van der Waals surface area contributed by atoms with Crippen LogP contribution in [0.5, 0.6) is 0 Å². The molecule has 0 saturated carbocycles. The van der Waals surface area contributed by atoms with Gasteiger partial charge in [-0.1, -0.05) is 0 Å². The second kappa shape index (κ2) is 6.60. The van der Waals surface area contributed by atoms with E-state index < -0.39 is 6.10 Å². The third-order valence-electron chi connectivity index (χ3n) is 1.94. The fourth-order valence-corrected chi connectivity index (χ4v) is 2.94. The van der Waals surface area contributed by atoms with Gasteiger partial charge in [0.05, 0.1) is 16.5 Å². The number of rotatable bonds is 6. The van der Waals surface area contributed by atoms with Gasteiger partial charge in [-0.15, -0.1) is 11.3 Å². The van der Waals surface area contributed by atoms with Gasteiger partial charge in [0, 0.05) is 25.1 Å². The minimum atomic E-state index is -0.414. The molecule has 0 aliphatic rings. The van der Waals surface area contributed by atoms with Gasteiger partial charge in [0.15, 0.2) is 0 Å². The molecule has 0 amide bonds. The molecule has 0 radical (unpaired) electrons. The van der Waals surface area contributed by atoms with E-state index in [9.17, 15) is 5.11 Å². The summed E-state index contributed by atoms with van der Waals surface area (Å²) in [6, 6.07) is 4.13. The van der Waals surface area contributed by atoms with E-state index in [0.717, 1.165) is 10.3 Å². The number of nitrogens with zero attached hydrogens (tertiary/aromatic N) is 1. The molecule has 1 rings (SSSR count). The van der Waals surface area contributed by atoms with E-state index in [1.807, 2.05) is 13.1 Å². The van der Waals surface area contributed by atoms with Gasteiger partial charge in [0.2, 0.25) is 0 Å². The summed E-state index contributed by atoms with van der Waals surface area (Å²) in [5, 5.41) is 9.53. The van der Waals surface area contributed by atoms with Gasteiger partial charge in [0.25, 0.3) is 0 Å². The Morgan fingerprint density at radius 2 is 2.33 bits per heavy atom. The summed E-state index contributed by atoms with van der Waals surface area (Å²) in [6.07, 6.45) is -0.414. The Morgan fingerprint density at radius 3 is 2.87 bits per heavy atom. The van der Waals surface area contributed by atoms with Gasteiger partial charge in [-0.2, -0.15) is 0 Å². The molecule has 1 aromatic rings. The monoisotopic (exact) mass is 293 g/mol. The van der Waals surface area contributed by atoms with Crippen molar-refractivity contribution in [3.8, 4) is 0 Å². The fourth-order valence-electron chi connectivity index (χ4n) is 1.37. The molecular formula is C10H16BrNO2S. The minimum absolute atomic E-state index is 0.387. The van der Waals surface area contributed by atoms with Crippen molar-refractivity contribution in [1.29, 1.82) is 0 Å². The summed E-state index contributed by atoms with van der Waals surface area (Å²) in [7, 11) is 3.59. The molecule has 0 aliphatic heterocycles. The highest BCUT2D eigenvalue weighted by atomic mass is 79.9. The Kier molecular flexibility index (Phi) is 5.78. The van der Waals surface area contributed by atoms with Gasteiger partial charge in [-0.25, -0.2) is 0 Å². The Balaban J connectivity index is 2.32. The Morgan fingerprint density at radius 1 is 1.60 bits per heavy atom. The van der Waals surface area contributed by atoms with Crippen LogP contribution in [0.1, 0.15) is 4.88 Å². The fraction of sp³-hybridized carbons (Fsp3) is 0.600. The van der Waals surface area contributed by atoms with Crippen molar-refractivity contribution >= 4 is 27.3 Å². The Bertz CT molecular complexity index is 293. The minimum Gasteiger partial charge on any atom is -0.389 e. The molecule has 0 bridgehead atoms. The predicted molar refractivity (Wildman–Crippen MR) is 66.2 cm³/mol. The summed E-state index contributed by atoms with van der Waals surface area (Å²) in [5.41, 5.74) is 0. The molecule has 1 unspecified atom stereocenters. The molecule has 1 N–H and O–H groups in total. The van der Waals surface area contributed by atoms with Gasteiger partial charge in [-0.3, -0.25) is 4.90 Å². The lowest BCUT2D eigenvalue weighted by molar-refractivity contribution is 0.0420. The molecule has 86 valence electrons. The molecule has 15 heavy (non-hydrogen) atoms. The van der Waals surface area contributed by atoms with Crippen LogP contribution < -0.4 is 0 Å². The molecule has 3 nitrogen and oxygen atoms in total. The maximum absolute atomic E-state index is 9.53. The van der Waals surface area contributed by atoms with E-state index >= 15 is 0 Å². The second-order valence-corrected chi connectivity index (χ2v) is 6.06. The van der Waals surface area contributed by atoms with E-state index in [2.05, 4.69) is 26.9 Å². The number of thiophene rings is 1. The first kappa shape index (κ1) is 13.1. The lowest BCUT2D eigenvalue weighted by atomic mass is 10.3. The van der Waals surface area contributed by atoms with Crippen LogP contribution in [0.15, 0.2) is 15.9 Å². The molecule has 0 aromatic carbocycles. The number of hydrogen-bond donors (Lipinski definition) is 1. The lowest BCUT2D eigenvalue weighted by Crippen LogP contribution is -2.31. The highest BCUT2D eigenvalue weighted by Crippen LogP contribution is 2.22. The van der Waals surface area contributed by atoms with Crippen molar-refractivity contribution in [3.05, 3.63) is 20.8 Å². The number of aliphatic hydroxyl groups is 1. The summed E-state index contributed by atoms with van der Waals surface area (Å²) in [6.45, 7) is 1.87. The molecule has 0 aliphatic carbocycles. The predicted octanol–water partition coefficient (Wildman–Crippen LogP) is 1.95. The lowest BCUT2D eigenvalue weighted by Gasteiger charge is -2.19. The van der Waals surface area contributed by atoms with Crippen LogP contribution in [0, 0.1) is 0 Å². The summed E-state index contributed by atoms with van der Waals surface area (Å²) in [5.74, 6) is 0. The van der Waals surface area contributed by atoms with Crippen molar-refractivity contribution in [1.82, 2.24) is 4.90 Å². The van der Waals surface area contributed by atoms with Crippen molar-refractivity contribution in [3.63, 3.8) is 0 Å². The number of ether oxygens (including phenoxy) is 1. The van der Waals surface area contributed by atoms with Crippen LogP contribution >= 0.6 is 27.3 Å². The van der Waals surface area contributed by atoms with Crippen LogP contribution in [0.25, 0.3) is 0 Å². The number of aliphatic hydroxyl groups excluding tert-OH is 1. The maximum atomic E-state index is 9.53. The molecule has 1 heterocycles. The largest absolute Gasteiger partial charge is 0.389 e. The van der Waals surface area contributed by atoms with E-state index in [1.54, 1.807) is 18.4 Å². The quantitative estimate of drug-likeness (QED) is 0.870. The Labute approximate surface area is 103 Å². The summed E-state index contributed by atoms with van der Waals surface area (Å²) >= 11 is 5.15. The zero-order chi connectivity index (χ0) is 11.3. The Hall–Kier alpha value is 0.0600. The standard InChI is InChI=1S/C10H16BrNO2S/c1-12(5-8(13)7-14-2)6-9-3-4-10(11)15-9/h3-4,8,13H,5-7H2,1-2H3. The third kappa shape index (κ3) is 5.08. The van der Waals surface area contributed by atoms with E-state index in [0.29, 0.717) is 13.2 Å². The SMILES string of the molecule is COCC(O)CN(C)Cc1ccc(Br)s1. The molecule has 0 saturated heterocycles. The second-order valence-electron chi connectivity index (χ2n) is 3.51. The molecule has 0 fully saturated rings. The maximum Gasteiger partial charge on any atom is 0.0900 e. The highest BCUT2D eigenvalue weighted by molar-refractivity contribution is 9.11. The smallest absolute Gasteiger partial charge is 0.0900 e. The highest BCUT2D eigenvalue weighted by Gasteiger charge is 2.09. The van der Waals surface area contributed by atoms with Crippen molar-refractivity contribution < 1.29 is 9.84 Å². The molecular weight excluding hydrogens is 278 g/mol. The molecule has 0 spiro atoms. The summed E-state index contributed by atoms with van der Waals surface area (Å²) < 4.78 is 6.02. The van der Waals surface area contributed by atoms with Crippen molar-refractivity contribution in [2.24, 2.45) is 0 Å². The first-order valence-corrected chi connectivity index (χ1v) is 6.32. The zero-order valence-corrected chi connectivity index (χ0v) is 11.3. The van der Waals surface area contributed by atoms with Crippen LogP contribution in [-0.4, -0.2) is 43.4 Å².